The molecule has 3 spiro atoms. The molecule has 6 nitrogen and oxygen atoms in total. The number of hydrogen-bond donors (Lipinski definition) is 1. The fourth-order valence-electron chi connectivity index (χ4n) is 10.00. The van der Waals surface area contributed by atoms with Crippen LogP contribution in [0.2, 0.25) is 0 Å². The van der Waals surface area contributed by atoms with Crippen LogP contribution in [0.25, 0.3) is 0 Å². The van der Waals surface area contributed by atoms with E-state index in [4.69, 9.17) is 23.7 Å². The van der Waals surface area contributed by atoms with Crippen LogP contribution in [0.4, 0.5) is 0 Å². The lowest BCUT2D eigenvalue weighted by molar-refractivity contribution is -0.289. The maximum atomic E-state index is 12.1. The van der Waals surface area contributed by atoms with E-state index < -0.39 is 17.2 Å². The van der Waals surface area contributed by atoms with Crippen LogP contribution >= 0.6 is 0 Å². The summed E-state index contributed by atoms with van der Waals surface area (Å²) in [4.78, 5) is 0. The molecule has 3 heterocycles. The lowest BCUT2D eigenvalue weighted by atomic mass is 9.41. The van der Waals surface area contributed by atoms with Crippen LogP contribution in [0.5, 0.6) is 0 Å². The van der Waals surface area contributed by atoms with Gasteiger partial charge < -0.3 is 28.8 Å². The average Bonchev–Trinajstić information content (AvgIpc) is 3.05. The van der Waals surface area contributed by atoms with E-state index in [0.717, 1.165) is 44.9 Å². The van der Waals surface area contributed by atoms with E-state index in [0.29, 0.717) is 38.3 Å². The summed E-state index contributed by atoms with van der Waals surface area (Å²) in [6.07, 6.45) is 6.81. The number of aliphatic hydroxyl groups is 1. The molecule has 3 saturated heterocycles. The van der Waals surface area contributed by atoms with E-state index >= 15 is 0 Å². The number of epoxide rings is 1. The molecule has 3 aliphatic heterocycles. The van der Waals surface area contributed by atoms with Crippen LogP contribution in [0.15, 0.2) is 0 Å². The minimum absolute atomic E-state index is 0.0564. The van der Waals surface area contributed by atoms with Gasteiger partial charge in [0.05, 0.1) is 38.1 Å². The normalized spacial score (nSPS) is 59.6. The van der Waals surface area contributed by atoms with Gasteiger partial charge in [-0.15, -0.1) is 0 Å². The highest BCUT2D eigenvalue weighted by atomic mass is 16.7. The molecule has 7 fully saturated rings. The van der Waals surface area contributed by atoms with Crippen molar-refractivity contribution in [1.29, 1.82) is 0 Å². The summed E-state index contributed by atoms with van der Waals surface area (Å²) in [6.45, 7) is 9.53. The Labute approximate surface area is 178 Å². The van der Waals surface area contributed by atoms with Gasteiger partial charge in [-0.1, -0.05) is 13.8 Å². The molecule has 7 rings (SSSR count). The van der Waals surface area contributed by atoms with Crippen molar-refractivity contribution < 1.29 is 28.8 Å². The van der Waals surface area contributed by atoms with E-state index in [9.17, 15) is 5.11 Å². The highest BCUT2D eigenvalue weighted by Crippen LogP contribution is 2.77. The predicted molar refractivity (Wildman–Crippen MR) is 107 cm³/mol. The van der Waals surface area contributed by atoms with Crippen LogP contribution in [-0.4, -0.2) is 60.4 Å². The number of hydrogen-bond acceptors (Lipinski definition) is 6. The maximum absolute atomic E-state index is 12.1. The van der Waals surface area contributed by atoms with Crippen molar-refractivity contribution in [3.63, 3.8) is 0 Å². The quantitative estimate of drug-likeness (QED) is 0.608. The zero-order chi connectivity index (χ0) is 20.6. The second-order valence-electron chi connectivity index (χ2n) is 12.1. The first-order valence-electron chi connectivity index (χ1n) is 12.2. The lowest BCUT2D eigenvalue weighted by Gasteiger charge is -2.65. The maximum Gasteiger partial charge on any atom is 0.174 e. The first kappa shape index (κ1) is 19.2. The summed E-state index contributed by atoms with van der Waals surface area (Å²) in [5, 5.41) is 12.1. The minimum Gasteiger partial charge on any atom is -0.390 e. The van der Waals surface area contributed by atoms with Gasteiger partial charge in [0.25, 0.3) is 0 Å². The predicted octanol–water partition coefficient (Wildman–Crippen LogP) is 3.01. The van der Waals surface area contributed by atoms with Gasteiger partial charge in [0.15, 0.2) is 11.6 Å². The van der Waals surface area contributed by atoms with Gasteiger partial charge in [0, 0.05) is 30.1 Å². The highest BCUT2D eigenvalue weighted by Gasteiger charge is 2.82. The van der Waals surface area contributed by atoms with Gasteiger partial charge in [-0.05, 0) is 50.4 Å². The molecule has 8 atom stereocenters. The van der Waals surface area contributed by atoms with Crippen molar-refractivity contribution in [2.24, 2.45) is 28.6 Å². The van der Waals surface area contributed by atoms with Crippen LogP contribution in [0.1, 0.15) is 65.7 Å². The number of ether oxygens (including phenoxy) is 5. The van der Waals surface area contributed by atoms with Gasteiger partial charge in [0.1, 0.15) is 5.60 Å². The summed E-state index contributed by atoms with van der Waals surface area (Å²) in [6, 6.07) is 0. The molecule has 30 heavy (non-hydrogen) atoms. The second-order valence-corrected chi connectivity index (χ2v) is 12.1. The highest BCUT2D eigenvalue weighted by molar-refractivity contribution is 5.28. The molecule has 168 valence electrons. The second kappa shape index (κ2) is 5.45. The molecule has 0 aromatic carbocycles. The minimum atomic E-state index is -0.775. The fourth-order valence-corrected chi connectivity index (χ4v) is 10.00. The SMILES string of the molecule is C[C@]1(O)C[C@@]2(C)[C@@H](CCC23OCCO3)[C@@H]2C[C@@H]3O[C@@]34CC3(CC[C@]4(C)[C@H]21)OCCO3. The Balaban J connectivity index is 1.29. The Morgan fingerprint density at radius 1 is 0.800 bits per heavy atom. The molecule has 0 aromatic rings. The van der Waals surface area contributed by atoms with E-state index in [-0.39, 0.29) is 28.5 Å². The third-order valence-electron chi connectivity index (χ3n) is 10.9. The average molecular weight is 421 g/mol. The zero-order valence-corrected chi connectivity index (χ0v) is 18.6. The molecule has 7 aliphatic rings. The topological polar surface area (TPSA) is 69.7 Å². The Kier molecular flexibility index (Phi) is 3.50. The van der Waals surface area contributed by atoms with Gasteiger partial charge in [-0.2, -0.15) is 0 Å². The first-order chi connectivity index (χ1) is 14.2. The van der Waals surface area contributed by atoms with E-state index in [2.05, 4.69) is 20.8 Å². The number of rotatable bonds is 0. The van der Waals surface area contributed by atoms with E-state index in [1.807, 2.05) is 0 Å². The standard InChI is InChI=1S/C24H36O6/c1-19-6-7-22(26-8-9-27-22)14-23(19)17(30-23)12-15-16-4-5-24(28-10-11-29-24)20(16,2)13-21(3,25)18(15)19/h15-18,25H,4-14H2,1-3H3/t15-,16-,17-,18-,19+,20-,21-,23-/m0/s1. The van der Waals surface area contributed by atoms with Crippen molar-refractivity contribution in [3.05, 3.63) is 0 Å². The van der Waals surface area contributed by atoms with Gasteiger partial charge in [-0.25, -0.2) is 0 Å². The first-order valence-corrected chi connectivity index (χ1v) is 12.2. The van der Waals surface area contributed by atoms with Crippen LogP contribution in [-0.2, 0) is 23.7 Å². The molecule has 0 aromatic heterocycles. The van der Waals surface area contributed by atoms with Crippen LogP contribution < -0.4 is 0 Å². The Morgan fingerprint density at radius 3 is 2.23 bits per heavy atom. The Hall–Kier alpha value is -0.240. The fraction of sp³-hybridized carbons (Fsp3) is 1.00. The lowest BCUT2D eigenvalue weighted by Crippen LogP contribution is -2.69. The zero-order valence-electron chi connectivity index (χ0n) is 18.6. The monoisotopic (exact) mass is 420 g/mol. The molecule has 4 aliphatic carbocycles. The molecule has 6 heteroatoms. The van der Waals surface area contributed by atoms with Crippen molar-refractivity contribution in [1.82, 2.24) is 0 Å². The molecule has 4 saturated carbocycles. The van der Waals surface area contributed by atoms with Gasteiger partial charge in [-0.3, -0.25) is 0 Å². The molecule has 0 radical (unpaired) electrons. The Morgan fingerprint density at radius 2 is 1.50 bits per heavy atom. The van der Waals surface area contributed by atoms with E-state index in [1.54, 1.807) is 0 Å². The summed E-state index contributed by atoms with van der Waals surface area (Å²) in [5.74, 6) is 0.205. The van der Waals surface area contributed by atoms with Crippen molar-refractivity contribution in [3.8, 4) is 0 Å². The van der Waals surface area contributed by atoms with Crippen molar-refractivity contribution >= 4 is 0 Å². The molecular formula is C24H36O6. The van der Waals surface area contributed by atoms with Crippen molar-refractivity contribution in [2.75, 3.05) is 26.4 Å². The van der Waals surface area contributed by atoms with Crippen LogP contribution in [0.3, 0.4) is 0 Å². The van der Waals surface area contributed by atoms with E-state index in [1.165, 1.54) is 0 Å². The summed E-state index contributed by atoms with van der Waals surface area (Å²) >= 11 is 0. The third-order valence-corrected chi connectivity index (χ3v) is 10.9. The Bertz CT molecular complexity index is 770. The summed E-state index contributed by atoms with van der Waals surface area (Å²) in [5.41, 5.74) is -1.18. The summed E-state index contributed by atoms with van der Waals surface area (Å²) < 4.78 is 31.4. The third kappa shape index (κ3) is 2.00. The molecule has 1 N–H and O–H groups in total. The molecular weight excluding hydrogens is 384 g/mol. The largest absolute Gasteiger partial charge is 0.390 e. The van der Waals surface area contributed by atoms with Crippen LogP contribution in [0, 0.1) is 28.6 Å². The van der Waals surface area contributed by atoms with Gasteiger partial charge >= 0.3 is 0 Å². The van der Waals surface area contributed by atoms with Gasteiger partial charge in [0.2, 0.25) is 0 Å². The molecule has 0 unspecified atom stereocenters. The molecule has 0 bridgehead atoms. The molecule has 0 amide bonds. The smallest absolute Gasteiger partial charge is 0.174 e. The van der Waals surface area contributed by atoms with Crippen molar-refractivity contribution in [2.45, 2.75) is 94.6 Å². The summed E-state index contributed by atoms with van der Waals surface area (Å²) in [7, 11) is 0. The number of fused-ring (bicyclic) bond motifs is 5.